The van der Waals surface area contributed by atoms with Gasteiger partial charge in [0.1, 0.15) is 23.6 Å². The molecule has 3 amide bonds. The molecule has 0 spiro atoms. The van der Waals surface area contributed by atoms with Gasteiger partial charge >= 0.3 is 18.1 Å². The van der Waals surface area contributed by atoms with Gasteiger partial charge in [0.25, 0.3) is 11.7 Å². The first kappa shape index (κ1) is 40.2. The number of ether oxygens (including phenoxy) is 2. The van der Waals surface area contributed by atoms with E-state index in [4.69, 9.17) is 26.2 Å². The molecular weight excluding hydrogens is 709 g/mol. The molecule has 0 saturated carbocycles. The third-order valence-corrected chi connectivity index (χ3v) is 7.58. The van der Waals surface area contributed by atoms with Crippen molar-refractivity contribution in [2.24, 2.45) is 5.92 Å². The molecule has 0 fully saturated rings. The number of Topliss-reactive ketones (excluding diaryl/α,β-unsaturated/α-hetero) is 1. The summed E-state index contributed by atoms with van der Waals surface area (Å²) in [4.78, 5) is 63.4. The summed E-state index contributed by atoms with van der Waals surface area (Å²) in [6, 6.07) is 9.32. The van der Waals surface area contributed by atoms with Crippen molar-refractivity contribution in [2.45, 2.75) is 50.5 Å². The zero-order valence-electron chi connectivity index (χ0n) is 27.2. The second-order valence-electron chi connectivity index (χ2n) is 11.4. The van der Waals surface area contributed by atoms with Gasteiger partial charge in [-0.25, -0.2) is 4.79 Å². The van der Waals surface area contributed by atoms with E-state index in [0.29, 0.717) is 5.75 Å². The van der Waals surface area contributed by atoms with E-state index in [1.54, 1.807) is 0 Å². The van der Waals surface area contributed by atoms with Crippen LogP contribution in [0.25, 0.3) is 0 Å². The molecule has 0 radical (unpaired) electrons. The van der Waals surface area contributed by atoms with Gasteiger partial charge in [0.05, 0.1) is 13.2 Å². The predicted molar refractivity (Wildman–Crippen MR) is 172 cm³/mol. The molecule has 17 heteroatoms. The number of rotatable bonds is 16. The lowest BCUT2D eigenvalue weighted by molar-refractivity contribution is -0.175. The average molecular weight is 742 g/mol. The van der Waals surface area contributed by atoms with E-state index in [9.17, 15) is 37.1 Å². The third-order valence-electron chi connectivity index (χ3n) is 7.34. The minimum atomic E-state index is -5.31. The van der Waals surface area contributed by atoms with E-state index in [1.807, 2.05) is 10.6 Å². The molecule has 0 aliphatic rings. The van der Waals surface area contributed by atoms with Crippen LogP contribution in [0.5, 0.6) is 11.5 Å². The van der Waals surface area contributed by atoms with Gasteiger partial charge in [0.15, 0.2) is 6.61 Å². The molecule has 0 aliphatic heterocycles. The summed E-state index contributed by atoms with van der Waals surface area (Å²) in [5, 5.41) is 15.1. The van der Waals surface area contributed by atoms with Gasteiger partial charge in [0.2, 0.25) is 11.8 Å². The normalized spacial score (nSPS) is 13.4. The van der Waals surface area contributed by atoms with Crippen LogP contribution in [-0.2, 0) is 36.3 Å². The fourth-order valence-electron chi connectivity index (χ4n) is 4.66. The maximum absolute atomic E-state index is 15.3. The number of hydrogen-bond acceptors (Lipinski definition) is 7. The lowest BCUT2D eigenvalue weighted by Gasteiger charge is -2.28. The number of benzene rings is 3. The summed E-state index contributed by atoms with van der Waals surface area (Å²) >= 11 is 5.83. The Hall–Kier alpha value is -5.25. The molecule has 274 valence electrons. The molecular formula is C34H33ClF5N3O8. The zero-order valence-corrected chi connectivity index (χ0v) is 28.0. The van der Waals surface area contributed by atoms with Crippen molar-refractivity contribution >= 4 is 41.1 Å². The Labute approximate surface area is 293 Å². The van der Waals surface area contributed by atoms with Crippen LogP contribution in [0.3, 0.4) is 0 Å². The van der Waals surface area contributed by atoms with E-state index >= 15 is 8.78 Å². The number of methoxy groups -OCH3 is 1. The quantitative estimate of drug-likeness (QED) is 0.153. The molecule has 51 heavy (non-hydrogen) atoms. The second-order valence-corrected chi connectivity index (χ2v) is 11.9. The highest BCUT2D eigenvalue weighted by Gasteiger charge is 2.46. The van der Waals surface area contributed by atoms with Gasteiger partial charge in [-0.3, -0.25) is 19.2 Å². The molecule has 3 aromatic rings. The number of carboxylic acid groups (broad SMARTS) is 1. The number of amides is 3. The van der Waals surface area contributed by atoms with Crippen LogP contribution in [0.4, 0.5) is 22.0 Å². The highest BCUT2D eigenvalue weighted by atomic mass is 35.5. The van der Waals surface area contributed by atoms with Gasteiger partial charge in [-0.2, -0.15) is 22.0 Å². The van der Waals surface area contributed by atoms with Crippen molar-refractivity contribution in [2.75, 3.05) is 13.7 Å². The van der Waals surface area contributed by atoms with E-state index < -0.39 is 84.2 Å². The summed E-state index contributed by atoms with van der Waals surface area (Å²) in [5.41, 5.74) is -0.542. The number of ketones is 1. The minimum Gasteiger partial charge on any atom is -0.497 e. The van der Waals surface area contributed by atoms with Crippen molar-refractivity contribution in [3.8, 4) is 11.5 Å². The highest BCUT2D eigenvalue weighted by Crippen LogP contribution is 2.30. The van der Waals surface area contributed by atoms with E-state index in [2.05, 4.69) is 5.32 Å². The fraction of sp³-hybridized carbons (Fsp3) is 0.324. The summed E-state index contributed by atoms with van der Waals surface area (Å²) < 4.78 is 81.0. The molecule has 0 saturated heterocycles. The lowest BCUT2D eigenvalue weighted by Crippen LogP contribution is -2.56. The molecule has 4 N–H and O–H groups in total. The topological polar surface area (TPSA) is 160 Å². The largest absolute Gasteiger partial charge is 0.497 e. The van der Waals surface area contributed by atoms with Crippen LogP contribution >= 0.6 is 11.6 Å². The first-order valence-corrected chi connectivity index (χ1v) is 15.4. The lowest BCUT2D eigenvalue weighted by atomic mass is 9.97. The van der Waals surface area contributed by atoms with Crippen molar-refractivity contribution in [3.05, 3.63) is 94.5 Å². The van der Waals surface area contributed by atoms with Gasteiger partial charge in [0, 0.05) is 17.0 Å². The van der Waals surface area contributed by atoms with Gasteiger partial charge in [-0.1, -0.05) is 61.8 Å². The minimum absolute atomic E-state index is 0.00196. The van der Waals surface area contributed by atoms with Crippen molar-refractivity contribution < 1.29 is 60.5 Å². The number of nitrogens with one attached hydrogen (secondary N) is 3. The van der Waals surface area contributed by atoms with E-state index in [1.165, 1.54) is 81.6 Å². The molecule has 11 nitrogen and oxygen atoms in total. The Kier molecular flexibility index (Phi) is 13.5. The number of hydrogen-bond donors (Lipinski definition) is 4. The molecule has 3 atom stereocenters. The van der Waals surface area contributed by atoms with Crippen LogP contribution in [0.2, 0.25) is 5.02 Å². The number of aliphatic carboxylic acids is 1. The number of alkyl halides is 5. The van der Waals surface area contributed by atoms with E-state index in [-0.39, 0.29) is 21.9 Å². The van der Waals surface area contributed by atoms with Gasteiger partial charge < -0.3 is 30.5 Å². The summed E-state index contributed by atoms with van der Waals surface area (Å²) in [5.74, 6) is -12.7. The molecule has 0 heterocycles. The van der Waals surface area contributed by atoms with Gasteiger partial charge in [-0.05, 0) is 53.4 Å². The molecule has 0 aromatic heterocycles. The highest BCUT2D eigenvalue weighted by molar-refractivity contribution is 6.30. The standard InChI is InChI=1S/C34H33ClF5N3O8/c1-18(2)27(29(46)34(38,39)40)42-31(48)28(20-9-13-23(50-3)14-10-20)43-30(47)25(15-19-7-11-24(12-8-19)51-17-26(44)45)41-32(49)33(36,37)21-5-4-6-22(35)16-21/h4-14,16,18,25,27-28H,15,17H2,1-3H3,(H,41,49)(H,42,48)(H,43,47)(H,44,45). The number of carbonyl (C=O) groups is 5. The SMILES string of the molecule is COc1ccc(C(NC(=O)C(Cc2ccc(OCC(=O)O)cc2)NC(=O)C(F)(F)c2cccc(Cl)c2)C(=O)NC(C(=O)C(F)(F)F)C(C)C)cc1. The number of carbonyl (C=O) groups excluding carboxylic acids is 4. The van der Waals surface area contributed by atoms with Crippen LogP contribution in [0.15, 0.2) is 72.8 Å². The number of carboxylic acids is 1. The summed E-state index contributed by atoms with van der Waals surface area (Å²) in [6.45, 7) is 1.86. The Morgan fingerprint density at radius 3 is 1.96 bits per heavy atom. The van der Waals surface area contributed by atoms with Crippen LogP contribution < -0.4 is 25.4 Å². The van der Waals surface area contributed by atoms with Gasteiger partial charge in [-0.15, -0.1) is 0 Å². The summed E-state index contributed by atoms with van der Waals surface area (Å²) in [7, 11) is 1.34. The number of halogens is 6. The van der Waals surface area contributed by atoms with Crippen molar-refractivity contribution in [3.63, 3.8) is 0 Å². The molecule has 3 unspecified atom stereocenters. The van der Waals surface area contributed by atoms with E-state index in [0.717, 1.165) is 12.1 Å². The fourth-order valence-corrected chi connectivity index (χ4v) is 4.85. The Bertz CT molecular complexity index is 1720. The van der Waals surface area contributed by atoms with Crippen LogP contribution in [-0.4, -0.2) is 66.6 Å². The Balaban J connectivity index is 2.00. The smallest absolute Gasteiger partial charge is 0.452 e. The molecule has 3 rings (SSSR count). The molecule has 0 bridgehead atoms. The Morgan fingerprint density at radius 1 is 0.824 bits per heavy atom. The first-order valence-electron chi connectivity index (χ1n) is 15.1. The monoisotopic (exact) mass is 741 g/mol. The third kappa shape index (κ3) is 11.1. The second kappa shape index (κ2) is 17.1. The van der Waals surface area contributed by atoms with Crippen LogP contribution in [0.1, 0.15) is 36.6 Å². The summed E-state index contributed by atoms with van der Waals surface area (Å²) in [6.07, 6.45) is -5.78. The zero-order chi connectivity index (χ0) is 38.1. The maximum atomic E-state index is 15.3. The average Bonchev–Trinajstić information content (AvgIpc) is 3.07. The molecule has 0 aliphatic carbocycles. The predicted octanol–water partition coefficient (Wildman–Crippen LogP) is 4.76. The maximum Gasteiger partial charge on any atom is 0.452 e. The van der Waals surface area contributed by atoms with Crippen molar-refractivity contribution in [1.29, 1.82) is 0 Å². The first-order chi connectivity index (χ1) is 23.8. The Morgan fingerprint density at radius 2 is 1.43 bits per heavy atom. The van der Waals surface area contributed by atoms with Crippen LogP contribution in [0, 0.1) is 5.92 Å². The van der Waals surface area contributed by atoms with Crippen molar-refractivity contribution in [1.82, 2.24) is 16.0 Å². The molecule has 3 aromatic carbocycles.